The van der Waals surface area contributed by atoms with Crippen molar-refractivity contribution in [2.24, 2.45) is 0 Å². The van der Waals surface area contributed by atoms with Crippen LogP contribution in [0.1, 0.15) is 63.8 Å². The molecular formula is C21H30N4. The van der Waals surface area contributed by atoms with Gasteiger partial charge in [0.05, 0.1) is 5.69 Å². The van der Waals surface area contributed by atoms with Gasteiger partial charge in [0.25, 0.3) is 0 Å². The van der Waals surface area contributed by atoms with Crippen molar-refractivity contribution in [3.05, 3.63) is 47.2 Å². The Morgan fingerprint density at radius 1 is 1.16 bits per heavy atom. The molecule has 0 saturated carbocycles. The molecular weight excluding hydrogens is 308 g/mol. The zero-order chi connectivity index (χ0) is 18.0. The zero-order valence-electron chi connectivity index (χ0n) is 16.1. The average Bonchev–Trinajstić information content (AvgIpc) is 2.60. The van der Waals surface area contributed by atoms with Gasteiger partial charge in [-0.05, 0) is 43.7 Å². The molecule has 1 aromatic heterocycles. The van der Waals surface area contributed by atoms with Gasteiger partial charge in [-0.25, -0.2) is 4.98 Å². The van der Waals surface area contributed by atoms with Crippen LogP contribution in [0.15, 0.2) is 30.3 Å². The first kappa shape index (κ1) is 17.7. The number of nitrogens with zero attached hydrogens (tertiary/aromatic N) is 3. The number of aromatic nitrogens is 2. The molecule has 1 aliphatic heterocycles. The lowest BCUT2D eigenvalue weighted by atomic mass is 9.95. The van der Waals surface area contributed by atoms with Crippen molar-refractivity contribution >= 4 is 11.8 Å². The van der Waals surface area contributed by atoms with Gasteiger partial charge in [-0.2, -0.15) is 4.98 Å². The second kappa shape index (κ2) is 7.42. The number of rotatable bonds is 5. The number of hydrogen-bond acceptors (Lipinski definition) is 4. The van der Waals surface area contributed by atoms with Crippen LogP contribution < -0.4 is 10.2 Å². The molecule has 4 heteroatoms. The Hall–Kier alpha value is -2.10. The first-order chi connectivity index (χ1) is 12.0. The quantitative estimate of drug-likeness (QED) is 0.853. The first-order valence-electron chi connectivity index (χ1n) is 9.46. The largest absolute Gasteiger partial charge is 0.352 e. The maximum Gasteiger partial charge on any atom is 0.225 e. The van der Waals surface area contributed by atoms with Crippen molar-refractivity contribution in [3.63, 3.8) is 0 Å². The Morgan fingerprint density at radius 2 is 1.88 bits per heavy atom. The number of hydrogen-bond donors (Lipinski definition) is 1. The summed E-state index contributed by atoms with van der Waals surface area (Å²) in [7, 11) is 0. The molecule has 0 bridgehead atoms. The van der Waals surface area contributed by atoms with Crippen LogP contribution in [0.3, 0.4) is 0 Å². The molecule has 134 valence electrons. The minimum absolute atomic E-state index is 0.370. The Balaban J connectivity index is 1.95. The minimum atomic E-state index is 0.370. The molecule has 1 aliphatic rings. The summed E-state index contributed by atoms with van der Waals surface area (Å²) >= 11 is 0. The highest BCUT2D eigenvalue weighted by Gasteiger charge is 2.25. The number of nitrogens with one attached hydrogen (secondary N) is 1. The van der Waals surface area contributed by atoms with E-state index >= 15 is 0 Å². The van der Waals surface area contributed by atoms with E-state index in [1.807, 2.05) is 0 Å². The summed E-state index contributed by atoms with van der Waals surface area (Å²) in [6.07, 6.45) is 2.11. The predicted octanol–water partition coefficient (Wildman–Crippen LogP) is 4.76. The third kappa shape index (κ3) is 3.94. The molecule has 0 amide bonds. The van der Waals surface area contributed by atoms with Crippen LogP contribution in [-0.4, -0.2) is 22.1 Å². The van der Waals surface area contributed by atoms with E-state index in [-0.39, 0.29) is 0 Å². The second-order valence-electron chi connectivity index (χ2n) is 7.53. The van der Waals surface area contributed by atoms with Crippen molar-refractivity contribution in [2.45, 2.75) is 72.0 Å². The molecule has 0 fully saturated rings. The Bertz CT molecular complexity index is 726. The lowest BCUT2D eigenvalue weighted by Gasteiger charge is -2.36. The van der Waals surface area contributed by atoms with E-state index in [9.17, 15) is 0 Å². The monoisotopic (exact) mass is 338 g/mol. The van der Waals surface area contributed by atoms with Crippen LogP contribution in [0.5, 0.6) is 0 Å². The maximum atomic E-state index is 4.85. The van der Waals surface area contributed by atoms with Gasteiger partial charge in [-0.3, -0.25) is 0 Å². The van der Waals surface area contributed by atoms with Crippen molar-refractivity contribution in [3.8, 4) is 0 Å². The summed E-state index contributed by atoms with van der Waals surface area (Å²) in [5.74, 6) is 2.17. The van der Waals surface area contributed by atoms with Crippen molar-refractivity contribution in [1.29, 1.82) is 0 Å². The fraction of sp³-hybridized carbons (Fsp3) is 0.524. The summed E-state index contributed by atoms with van der Waals surface area (Å²) < 4.78 is 0. The standard InChI is InChI=1S/C21H30N4/c1-6-15(4)22-21-23-19(14(2)3)12-20(24-21)25-13-18-10-8-7-9-17(18)11-16(25)5/h7-10,12,14-16H,6,11,13H2,1-5H3,(H,22,23,24)/t15-,16-/m0/s1. The molecule has 1 N–H and O–H groups in total. The van der Waals surface area contributed by atoms with E-state index in [4.69, 9.17) is 9.97 Å². The molecule has 3 rings (SSSR count). The average molecular weight is 338 g/mol. The number of benzene rings is 1. The molecule has 25 heavy (non-hydrogen) atoms. The second-order valence-corrected chi connectivity index (χ2v) is 7.53. The van der Waals surface area contributed by atoms with Gasteiger partial charge in [-0.1, -0.05) is 45.0 Å². The van der Waals surface area contributed by atoms with E-state index in [1.165, 1.54) is 11.1 Å². The van der Waals surface area contributed by atoms with Crippen LogP contribution >= 0.6 is 0 Å². The SMILES string of the molecule is CC[C@H](C)Nc1nc(C(C)C)cc(N2Cc3ccccc3C[C@@H]2C)n1. The molecule has 2 heterocycles. The highest BCUT2D eigenvalue weighted by atomic mass is 15.3. The van der Waals surface area contributed by atoms with Gasteiger partial charge < -0.3 is 10.2 Å². The third-order valence-electron chi connectivity index (χ3n) is 5.11. The van der Waals surface area contributed by atoms with Crippen molar-refractivity contribution in [1.82, 2.24) is 9.97 Å². The van der Waals surface area contributed by atoms with Gasteiger partial charge in [0.2, 0.25) is 5.95 Å². The molecule has 0 saturated heterocycles. The van der Waals surface area contributed by atoms with E-state index < -0.39 is 0 Å². The maximum absolute atomic E-state index is 4.85. The van der Waals surface area contributed by atoms with Crippen LogP contribution in [-0.2, 0) is 13.0 Å². The highest BCUT2D eigenvalue weighted by molar-refractivity contribution is 5.50. The van der Waals surface area contributed by atoms with Crippen LogP contribution in [0.2, 0.25) is 0 Å². The van der Waals surface area contributed by atoms with E-state index in [0.717, 1.165) is 36.8 Å². The topological polar surface area (TPSA) is 41.1 Å². The smallest absolute Gasteiger partial charge is 0.225 e. The summed E-state index contributed by atoms with van der Waals surface area (Å²) in [6, 6.07) is 11.7. The Kier molecular flexibility index (Phi) is 5.26. The molecule has 2 atom stereocenters. The van der Waals surface area contributed by atoms with Gasteiger partial charge in [0.1, 0.15) is 5.82 Å². The van der Waals surface area contributed by atoms with Gasteiger partial charge in [0.15, 0.2) is 0 Å². The third-order valence-corrected chi connectivity index (χ3v) is 5.11. The Morgan fingerprint density at radius 3 is 2.56 bits per heavy atom. The lowest BCUT2D eigenvalue weighted by Crippen LogP contribution is -2.39. The van der Waals surface area contributed by atoms with Crippen molar-refractivity contribution < 1.29 is 0 Å². The fourth-order valence-corrected chi connectivity index (χ4v) is 3.27. The molecule has 2 aromatic rings. The highest BCUT2D eigenvalue weighted by Crippen LogP contribution is 2.29. The van der Waals surface area contributed by atoms with Crippen molar-refractivity contribution in [2.75, 3.05) is 10.2 Å². The van der Waals surface area contributed by atoms with Gasteiger partial charge >= 0.3 is 0 Å². The number of anilines is 2. The molecule has 0 aliphatic carbocycles. The molecule has 0 unspecified atom stereocenters. The predicted molar refractivity (Wildman–Crippen MR) is 105 cm³/mol. The van der Waals surface area contributed by atoms with Crippen LogP contribution in [0, 0.1) is 0 Å². The van der Waals surface area contributed by atoms with E-state index in [1.54, 1.807) is 0 Å². The molecule has 1 aromatic carbocycles. The summed E-state index contributed by atoms with van der Waals surface area (Å²) in [5, 5.41) is 3.45. The molecule has 0 radical (unpaired) electrons. The fourth-order valence-electron chi connectivity index (χ4n) is 3.27. The van der Waals surface area contributed by atoms with Crippen LogP contribution in [0.4, 0.5) is 11.8 Å². The van der Waals surface area contributed by atoms with Gasteiger partial charge in [-0.15, -0.1) is 0 Å². The molecule has 4 nitrogen and oxygen atoms in total. The summed E-state index contributed by atoms with van der Waals surface area (Å²) in [4.78, 5) is 12.0. The Labute approximate surface area is 151 Å². The van der Waals surface area contributed by atoms with E-state index in [0.29, 0.717) is 18.0 Å². The lowest BCUT2D eigenvalue weighted by molar-refractivity contribution is 0.585. The minimum Gasteiger partial charge on any atom is -0.352 e. The van der Waals surface area contributed by atoms with E-state index in [2.05, 4.69) is 75.2 Å². The summed E-state index contributed by atoms with van der Waals surface area (Å²) in [5.41, 5.74) is 3.96. The molecule has 0 spiro atoms. The summed E-state index contributed by atoms with van der Waals surface area (Å²) in [6.45, 7) is 11.9. The number of fused-ring (bicyclic) bond motifs is 1. The zero-order valence-corrected chi connectivity index (χ0v) is 16.1. The van der Waals surface area contributed by atoms with Gasteiger partial charge in [0, 0.05) is 24.7 Å². The van der Waals surface area contributed by atoms with Crippen LogP contribution in [0.25, 0.3) is 0 Å². The first-order valence-corrected chi connectivity index (χ1v) is 9.46. The normalized spacial score (nSPS) is 18.2.